The molecule has 4 rings (SSSR count). The van der Waals surface area contributed by atoms with Gasteiger partial charge in [0.05, 0.1) is 22.1 Å². The Hall–Kier alpha value is -1.54. The lowest BCUT2D eigenvalue weighted by molar-refractivity contribution is -0.132. The Kier molecular flexibility index (Phi) is 7.50. The Balaban J connectivity index is 1.36. The van der Waals surface area contributed by atoms with Gasteiger partial charge >= 0.3 is 6.03 Å². The Bertz CT molecular complexity index is 854. The van der Waals surface area contributed by atoms with Crippen LogP contribution in [0.1, 0.15) is 46.0 Å². The van der Waals surface area contributed by atoms with Gasteiger partial charge in [0, 0.05) is 43.4 Å². The van der Waals surface area contributed by atoms with Crippen molar-refractivity contribution in [3.63, 3.8) is 0 Å². The fourth-order valence-electron chi connectivity index (χ4n) is 5.45. The van der Waals surface area contributed by atoms with Crippen LogP contribution in [0, 0.1) is 5.92 Å². The van der Waals surface area contributed by atoms with Gasteiger partial charge in [0.15, 0.2) is 0 Å². The largest absolute Gasteiger partial charge is 0.339 e. The van der Waals surface area contributed by atoms with E-state index in [1.54, 1.807) is 18.2 Å². The van der Waals surface area contributed by atoms with Gasteiger partial charge < -0.3 is 15.5 Å². The minimum absolute atomic E-state index is 0.0438. The molecule has 9 heteroatoms. The Morgan fingerprint density at radius 1 is 1.22 bits per heavy atom. The highest BCUT2D eigenvalue weighted by Gasteiger charge is 2.42. The number of rotatable bonds is 4. The molecular formula is C23H33Cl2N5O2. The summed E-state index contributed by atoms with van der Waals surface area (Å²) in [6.07, 6.45) is 5.27. The van der Waals surface area contributed by atoms with E-state index in [1.807, 2.05) is 4.90 Å². The molecule has 3 amide bonds. The molecule has 0 bridgehead atoms. The number of carbonyl (C=O) groups excluding carboxylic acids is 2. The van der Waals surface area contributed by atoms with Crippen LogP contribution in [-0.4, -0.2) is 65.7 Å². The van der Waals surface area contributed by atoms with Crippen molar-refractivity contribution in [3.8, 4) is 0 Å². The third kappa shape index (κ3) is 5.01. The van der Waals surface area contributed by atoms with Crippen molar-refractivity contribution < 1.29 is 9.59 Å². The van der Waals surface area contributed by atoms with Gasteiger partial charge in [0.2, 0.25) is 5.91 Å². The molecule has 0 aromatic heterocycles. The van der Waals surface area contributed by atoms with E-state index >= 15 is 0 Å². The molecule has 1 aliphatic carbocycles. The second-order valence-corrected chi connectivity index (χ2v) is 10.0. The zero-order chi connectivity index (χ0) is 22.8. The zero-order valence-electron chi connectivity index (χ0n) is 18.7. The number of piperazine rings is 1. The summed E-state index contributed by atoms with van der Waals surface area (Å²) in [5, 5.41) is 10.8. The number of benzene rings is 1. The molecule has 5 atom stereocenters. The molecular weight excluding hydrogens is 449 g/mol. The Morgan fingerprint density at radius 2 is 2.00 bits per heavy atom. The minimum atomic E-state index is -0.141. The van der Waals surface area contributed by atoms with Crippen molar-refractivity contribution in [2.45, 2.75) is 70.2 Å². The maximum Gasteiger partial charge on any atom is 0.322 e. The van der Waals surface area contributed by atoms with E-state index in [-0.39, 0.29) is 42.1 Å². The van der Waals surface area contributed by atoms with Crippen molar-refractivity contribution in [3.05, 3.63) is 28.2 Å². The summed E-state index contributed by atoms with van der Waals surface area (Å²) < 4.78 is 0. The van der Waals surface area contributed by atoms with Crippen molar-refractivity contribution in [2.75, 3.05) is 25.0 Å². The lowest BCUT2D eigenvalue weighted by Crippen LogP contribution is -2.70. The highest BCUT2D eigenvalue weighted by atomic mass is 35.5. The molecule has 32 heavy (non-hydrogen) atoms. The summed E-state index contributed by atoms with van der Waals surface area (Å²) in [5.74, 6) is 0.308. The van der Waals surface area contributed by atoms with Crippen molar-refractivity contribution in [2.24, 2.45) is 5.92 Å². The molecule has 5 unspecified atom stereocenters. The number of nitrogens with zero attached hydrogens (tertiary/aromatic N) is 2. The highest BCUT2D eigenvalue weighted by molar-refractivity contribution is 6.42. The van der Waals surface area contributed by atoms with Crippen LogP contribution < -0.4 is 16.0 Å². The lowest BCUT2D eigenvalue weighted by Gasteiger charge is -2.48. The lowest BCUT2D eigenvalue weighted by atomic mass is 9.81. The average Bonchev–Trinajstić information content (AvgIpc) is 2.77. The molecule has 2 saturated heterocycles. The summed E-state index contributed by atoms with van der Waals surface area (Å²) in [4.78, 5) is 29.9. The number of hydrogen-bond donors (Lipinski definition) is 3. The summed E-state index contributed by atoms with van der Waals surface area (Å²) >= 11 is 12.0. The first-order valence-corrected chi connectivity index (χ1v) is 12.5. The number of nitrogens with one attached hydrogen (secondary N) is 3. The topological polar surface area (TPSA) is 76.7 Å². The monoisotopic (exact) mass is 481 g/mol. The maximum atomic E-state index is 12.9. The normalized spacial score (nSPS) is 29.8. The summed E-state index contributed by atoms with van der Waals surface area (Å²) in [6.45, 7) is 6.38. The first kappa shape index (κ1) is 23.6. The number of amides is 3. The van der Waals surface area contributed by atoms with Crippen molar-refractivity contribution in [1.82, 2.24) is 20.4 Å². The Labute approximate surface area is 200 Å². The van der Waals surface area contributed by atoms with Crippen LogP contribution in [0.4, 0.5) is 10.5 Å². The van der Waals surface area contributed by atoms with Crippen LogP contribution in [0.25, 0.3) is 0 Å². The number of anilines is 1. The molecule has 7 nitrogen and oxygen atoms in total. The molecule has 1 aromatic rings. The van der Waals surface area contributed by atoms with Gasteiger partial charge in [-0.2, -0.15) is 0 Å². The van der Waals surface area contributed by atoms with E-state index in [1.165, 1.54) is 6.42 Å². The third-order valence-electron chi connectivity index (χ3n) is 7.16. The zero-order valence-corrected chi connectivity index (χ0v) is 20.3. The van der Waals surface area contributed by atoms with E-state index in [4.69, 9.17) is 23.2 Å². The molecule has 2 heterocycles. The van der Waals surface area contributed by atoms with Gasteiger partial charge in [-0.05, 0) is 44.4 Å². The first-order chi connectivity index (χ1) is 15.4. The molecule has 0 radical (unpaired) electrons. The Morgan fingerprint density at radius 3 is 2.72 bits per heavy atom. The number of carbonyl (C=O) groups is 2. The molecule has 1 aromatic carbocycles. The highest BCUT2D eigenvalue weighted by Crippen LogP contribution is 2.29. The molecule has 3 N–H and O–H groups in total. The van der Waals surface area contributed by atoms with Crippen LogP contribution in [0.5, 0.6) is 0 Å². The smallest absolute Gasteiger partial charge is 0.322 e. The number of halogens is 2. The van der Waals surface area contributed by atoms with E-state index in [0.717, 1.165) is 38.8 Å². The second-order valence-electron chi connectivity index (χ2n) is 9.22. The predicted octanol–water partition coefficient (Wildman–Crippen LogP) is 3.91. The summed E-state index contributed by atoms with van der Waals surface area (Å²) in [6, 6.07) is 5.47. The minimum Gasteiger partial charge on any atom is -0.339 e. The van der Waals surface area contributed by atoms with Gasteiger partial charge in [0.25, 0.3) is 0 Å². The third-order valence-corrected chi connectivity index (χ3v) is 7.90. The van der Waals surface area contributed by atoms with Crippen molar-refractivity contribution >= 4 is 40.8 Å². The van der Waals surface area contributed by atoms with Crippen molar-refractivity contribution in [1.29, 1.82) is 0 Å². The van der Waals surface area contributed by atoms with Gasteiger partial charge in [-0.15, -0.1) is 0 Å². The molecule has 3 aliphatic rings. The van der Waals surface area contributed by atoms with Gasteiger partial charge in [-0.1, -0.05) is 43.0 Å². The van der Waals surface area contributed by atoms with Crippen LogP contribution in [-0.2, 0) is 4.79 Å². The van der Waals surface area contributed by atoms with Crippen LogP contribution in [0.3, 0.4) is 0 Å². The molecule has 0 spiro atoms. The standard InChI is InChI=1S/C23H33Cl2N5O2/c1-3-20(21-27-19-7-5-4-6-16(19)22(31)28-21)29-10-11-30(14(2)13-29)23(32)26-15-8-9-17(24)18(25)12-15/h8-9,12,14,16,19-21,27H,3-7,10-11,13H2,1-2H3,(H,26,32)(H,28,31). The van der Waals surface area contributed by atoms with Crippen LogP contribution in [0.15, 0.2) is 18.2 Å². The van der Waals surface area contributed by atoms with E-state index in [2.05, 4.69) is 34.7 Å². The summed E-state index contributed by atoms with van der Waals surface area (Å²) in [5.41, 5.74) is 0.626. The maximum absolute atomic E-state index is 12.9. The van der Waals surface area contributed by atoms with E-state index < -0.39 is 0 Å². The van der Waals surface area contributed by atoms with Gasteiger partial charge in [-0.25, -0.2) is 4.79 Å². The van der Waals surface area contributed by atoms with Crippen LogP contribution >= 0.6 is 23.2 Å². The quantitative estimate of drug-likeness (QED) is 0.608. The number of hydrogen-bond acceptors (Lipinski definition) is 4. The van der Waals surface area contributed by atoms with Gasteiger partial charge in [0.1, 0.15) is 0 Å². The molecule has 176 valence electrons. The fourth-order valence-corrected chi connectivity index (χ4v) is 5.74. The number of fused-ring (bicyclic) bond motifs is 1. The predicted molar refractivity (Wildman–Crippen MR) is 128 cm³/mol. The summed E-state index contributed by atoms with van der Waals surface area (Å²) in [7, 11) is 0. The first-order valence-electron chi connectivity index (χ1n) is 11.7. The van der Waals surface area contributed by atoms with E-state index in [9.17, 15) is 9.59 Å². The second kappa shape index (κ2) is 10.2. The fraction of sp³-hybridized carbons (Fsp3) is 0.652. The number of urea groups is 1. The van der Waals surface area contributed by atoms with E-state index in [0.29, 0.717) is 22.3 Å². The molecule has 2 aliphatic heterocycles. The van der Waals surface area contributed by atoms with Gasteiger partial charge in [-0.3, -0.25) is 15.0 Å². The van der Waals surface area contributed by atoms with Crippen LogP contribution in [0.2, 0.25) is 10.0 Å². The SMILES string of the molecule is CCC(C1NC(=O)C2CCCCC2N1)N1CCN(C(=O)Nc2ccc(Cl)c(Cl)c2)C(C)C1. The average molecular weight is 482 g/mol. The molecule has 3 fully saturated rings. The molecule has 1 saturated carbocycles.